The quantitative estimate of drug-likeness (QED) is 0.0884. The number of unbranched alkanes of at least 4 members (excludes halogenated alkanes) is 2. The molecule has 0 saturated carbocycles. The number of fused-ring (bicyclic) bond motifs is 2. The summed E-state index contributed by atoms with van der Waals surface area (Å²) in [6.07, 6.45) is 8.22. The van der Waals surface area contributed by atoms with Crippen molar-refractivity contribution in [1.82, 2.24) is 9.47 Å². The molecule has 4 N–H and O–H groups in total. The van der Waals surface area contributed by atoms with Crippen molar-refractivity contribution in [2.75, 3.05) is 54.7 Å². The zero-order valence-corrected chi connectivity index (χ0v) is 32.1. The summed E-state index contributed by atoms with van der Waals surface area (Å²) in [7, 11) is 3.24. The van der Waals surface area contributed by atoms with Crippen LogP contribution in [0, 0.1) is 0 Å². The molecule has 1 unspecified atom stereocenters. The van der Waals surface area contributed by atoms with Crippen molar-refractivity contribution in [2.45, 2.75) is 82.8 Å². The van der Waals surface area contributed by atoms with Crippen molar-refractivity contribution in [3.05, 3.63) is 72.6 Å². The van der Waals surface area contributed by atoms with Crippen LogP contribution in [0.3, 0.4) is 0 Å². The topological polar surface area (TPSA) is 176 Å². The number of piperidine rings is 1. The maximum atomic E-state index is 14.2. The molecule has 1 aromatic heterocycles. The molecule has 4 amide bonds. The Kier molecular flexibility index (Phi) is 13.5. The van der Waals surface area contributed by atoms with Gasteiger partial charge in [0, 0.05) is 50.3 Å². The van der Waals surface area contributed by atoms with Crippen molar-refractivity contribution >= 4 is 46.6 Å². The molecular weight excluding hydrogens is 720 g/mol. The van der Waals surface area contributed by atoms with Crippen LogP contribution in [0.25, 0.3) is 0 Å². The molecule has 2 aromatic carbocycles. The SMILES string of the molecule is C=CCOC(=O)N1c2cc(OCCCCCC(=O)Nc3cc(C(=O)Nc4ccc(N)cc4)n(C)c3)c(OC)cc2C(=O)N2CCCC[C@H]2[C@@H]1OC1CCCCO1. The zero-order valence-electron chi connectivity index (χ0n) is 32.1. The lowest BCUT2D eigenvalue weighted by Crippen LogP contribution is -2.57. The second kappa shape index (κ2) is 18.9. The number of nitrogen functional groups attached to an aromatic ring is 1. The first-order valence-corrected chi connectivity index (χ1v) is 19.3. The highest BCUT2D eigenvalue weighted by atomic mass is 16.7. The highest BCUT2D eigenvalue weighted by Gasteiger charge is 2.47. The first-order valence-electron chi connectivity index (χ1n) is 19.3. The maximum absolute atomic E-state index is 14.2. The number of benzene rings is 2. The summed E-state index contributed by atoms with van der Waals surface area (Å²) < 4.78 is 31.7. The smallest absolute Gasteiger partial charge is 0.416 e. The van der Waals surface area contributed by atoms with Crippen molar-refractivity contribution in [3.8, 4) is 11.5 Å². The first kappa shape index (κ1) is 40.1. The average molecular weight is 773 g/mol. The van der Waals surface area contributed by atoms with Crippen LogP contribution in [0.4, 0.5) is 27.5 Å². The number of hydrogen-bond donors (Lipinski definition) is 3. The number of nitrogens with two attached hydrogens (primary N) is 1. The third kappa shape index (κ3) is 9.63. The van der Waals surface area contributed by atoms with Gasteiger partial charge in [0.25, 0.3) is 11.8 Å². The predicted octanol–water partition coefficient (Wildman–Crippen LogP) is 6.45. The zero-order chi connectivity index (χ0) is 39.6. The van der Waals surface area contributed by atoms with Gasteiger partial charge in [0.05, 0.1) is 36.7 Å². The van der Waals surface area contributed by atoms with E-state index in [1.807, 2.05) is 0 Å². The molecule has 0 bridgehead atoms. The first-order chi connectivity index (χ1) is 27.2. The van der Waals surface area contributed by atoms with Crippen LogP contribution >= 0.6 is 0 Å². The van der Waals surface area contributed by atoms with Gasteiger partial charge in [-0.1, -0.05) is 12.7 Å². The van der Waals surface area contributed by atoms with E-state index in [9.17, 15) is 19.2 Å². The molecule has 0 spiro atoms. The number of anilines is 4. The van der Waals surface area contributed by atoms with E-state index >= 15 is 0 Å². The second-order valence-corrected chi connectivity index (χ2v) is 14.1. The second-order valence-electron chi connectivity index (χ2n) is 14.1. The van der Waals surface area contributed by atoms with Crippen LogP contribution in [0.15, 0.2) is 61.3 Å². The molecular formula is C41H52N6O9. The summed E-state index contributed by atoms with van der Waals surface area (Å²) in [4.78, 5) is 56.9. The third-order valence-electron chi connectivity index (χ3n) is 10.1. The summed E-state index contributed by atoms with van der Waals surface area (Å²) in [5.41, 5.74) is 8.44. The minimum Gasteiger partial charge on any atom is -0.493 e. The Balaban J connectivity index is 1.09. The van der Waals surface area contributed by atoms with Gasteiger partial charge in [-0.3, -0.25) is 14.4 Å². The summed E-state index contributed by atoms with van der Waals surface area (Å²) >= 11 is 0. The molecule has 15 nitrogen and oxygen atoms in total. The van der Waals surface area contributed by atoms with E-state index in [4.69, 9.17) is 29.4 Å². The molecule has 3 atom stereocenters. The number of nitrogens with one attached hydrogen (secondary N) is 2. The summed E-state index contributed by atoms with van der Waals surface area (Å²) in [5.74, 6) is -0.00354. The van der Waals surface area contributed by atoms with E-state index in [-0.39, 0.29) is 36.3 Å². The van der Waals surface area contributed by atoms with Gasteiger partial charge in [0.2, 0.25) is 5.91 Å². The number of nitrogens with zero attached hydrogens (tertiary/aromatic N) is 3. The molecule has 3 aliphatic rings. The third-order valence-corrected chi connectivity index (χ3v) is 10.1. The lowest BCUT2D eigenvalue weighted by molar-refractivity contribution is -0.198. The summed E-state index contributed by atoms with van der Waals surface area (Å²) in [6, 6.07) is 11.3. The highest BCUT2D eigenvalue weighted by Crippen LogP contribution is 2.42. The Hall–Kier alpha value is -5.54. The number of amides is 4. The van der Waals surface area contributed by atoms with Gasteiger partial charge >= 0.3 is 6.09 Å². The van der Waals surface area contributed by atoms with Gasteiger partial charge in [-0.15, -0.1) is 0 Å². The number of carbonyl (C=O) groups is 4. The van der Waals surface area contributed by atoms with Crippen LogP contribution in [-0.2, 0) is 26.1 Å². The minimum absolute atomic E-state index is 0.0218. The number of methoxy groups -OCH3 is 1. The minimum atomic E-state index is -0.859. The lowest BCUT2D eigenvalue weighted by atomic mass is 10.00. The molecule has 0 aliphatic carbocycles. The average Bonchev–Trinajstić information content (AvgIpc) is 3.54. The fourth-order valence-corrected chi connectivity index (χ4v) is 7.28. The molecule has 3 aromatic rings. The summed E-state index contributed by atoms with van der Waals surface area (Å²) in [6.45, 7) is 5.04. The van der Waals surface area contributed by atoms with Crippen LogP contribution in [-0.4, -0.2) is 85.3 Å². The Labute approximate surface area is 327 Å². The fraction of sp³-hybridized carbons (Fsp3) is 0.463. The highest BCUT2D eigenvalue weighted by molar-refractivity contribution is 6.06. The molecule has 6 rings (SSSR count). The Morgan fingerprint density at radius 2 is 1.79 bits per heavy atom. The number of carbonyl (C=O) groups excluding carboxylic acids is 4. The number of aromatic nitrogens is 1. The maximum Gasteiger partial charge on any atom is 0.416 e. The predicted molar refractivity (Wildman–Crippen MR) is 211 cm³/mol. The van der Waals surface area contributed by atoms with Gasteiger partial charge in [0.1, 0.15) is 12.3 Å². The monoisotopic (exact) mass is 772 g/mol. The normalized spacial score (nSPS) is 19.2. The largest absolute Gasteiger partial charge is 0.493 e. The van der Waals surface area contributed by atoms with E-state index in [1.54, 1.807) is 65.2 Å². The Bertz CT molecular complexity index is 1870. The van der Waals surface area contributed by atoms with Crippen LogP contribution in [0.2, 0.25) is 0 Å². The van der Waals surface area contributed by atoms with Crippen LogP contribution in [0.5, 0.6) is 11.5 Å². The molecule has 3 aliphatic heterocycles. The lowest BCUT2D eigenvalue weighted by Gasteiger charge is -2.42. The van der Waals surface area contributed by atoms with Gasteiger partial charge in [0.15, 0.2) is 24.0 Å². The number of aryl methyl sites for hydroxylation is 1. The molecule has 56 heavy (non-hydrogen) atoms. The molecule has 0 radical (unpaired) electrons. The van der Waals surface area contributed by atoms with E-state index < -0.39 is 24.7 Å². The van der Waals surface area contributed by atoms with Crippen LogP contribution < -0.4 is 30.7 Å². The van der Waals surface area contributed by atoms with E-state index in [2.05, 4.69) is 17.2 Å². The van der Waals surface area contributed by atoms with Crippen molar-refractivity contribution < 1.29 is 42.9 Å². The van der Waals surface area contributed by atoms with Gasteiger partial charge in [-0.25, -0.2) is 9.69 Å². The molecule has 2 saturated heterocycles. The Morgan fingerprint density at radius 3 is 2.54 bits per heavy atom. The molecule has 300 valence electrons. The standard InChI is InChI=1S/C41H52N6O9/c1-4-20-55-41(51)47-32-25-35(34(52-3)24-30(32)39(50)46-19-9-7-12-31(46)40(47)56-37-14-8-11-22-54-37)53-21-10-5-6-13-36(48)43-29-23-33(45(2)26-29)38(49)44-28-17-15-27(42)16-18-28/h4,15-18,23-26,31,37,40H,1,5-14,19-22,42H2,2-3H3,(H,43,48)(H,44,49)/t31-,37?,40-/m0/s1. The van der Waals surface area contributed by atoms with E-state index in [0.717, 1.165) is 25.7 Å². The molecule has 4 heterocycles. The fourth-order valence-electron chi connectivity index (χ4n) is 7.28. The van der Waals surface area contributed by atoms with Gasteiger partial charge in [-0.05, 0) is 94.2 Å². The number of ether oxygens (including phenoxy) is 5. The van der Waals surface area contributed by atoms with Gasteiger partial charge < -0.3 is 49.5 Å². The van der Waals surface area contributed by atoms with E-state index in [0.29, 0.717) is 91.8 Å². The number of rotatable bonds is 15. The molecule has 2 fully saturated rings. The van der Waals surface area contributed by atoms with Crippen molar-refractivity contribution in [1.29, 1.82) is 0 Å². The van der Waals surface area contributed by atoms with Crippen molar-refractivity contribution in [3.63, 3.8) is 0 Å². The van der Waals surface area contributed by atoms with Gasteiger partial charge in [-0.2, -0.15) is 0 Å². The van der Waals surface area contributed by atoms with Crippen molar-refractivity contribution in [2.24, 2.45) is 7.05 Å². The number of hydrogen-bond acceptors (Lipinski definition) is 10. The molecule has 15 heteroatoms. The van der Waals surface area contributed by atoms with E-state index in [1.165, 1.54) is 18.1 Å². The van der Waals surface area contributed by atoms with Crippen LogP contribution in [0.1, 0.15) is 85.1 Å². The Morgan fingerprint density at radius 1 is 0.982 bits per heavy atom. The summed E-state index contributed by atoms with van der Waals surface area (Å²) in [5, 5.41) is 5.70.